The molecule has 2 N–H and O–H groups in total. The highest BCUT2D eigenvalue weighted by molar-refractivity contribution is 5.82. The third kappa shape index (κ3) is 7.24. The van der Waals surface area contributed by atoms with Crippen molar-refractivity contribution in [3.05, 3.63) is 0 Å². The van der Waals surface area contributed by atoms with Gasteiger partial charge < -0.3 is 15.2 Å². The summed E-state index contributed by atoms with van der Waals surface area (Å²) in [6.07, 6.45) is 1.94. The quantitative estimate of drug-likeness (QED) is 0.553. The SMILES string of the molecule is CCCCNC(=O)C(C)N(CCOC)CC(=O)O. The molecule has 0 spiro atoms. The second-order valence-corrected chi connectivity index (χ2v) is 4.18. The van der Waals surface area contributed by atoms with E-state index >= 15 is 0 Å². The molecule has 0 saturated heterocycles. The van der Waals surface area contributed by atoms with Crippen LogP contribution in [0.1, 0.15) is 26.7 Å². The number of ether oxygens (including phenoxy) is 1. The lowest BCUT2D eigenvalue weighted by Crippen LogP contribution is -2.48. The molecule has 0 aromatic carbocycles. The number of carboxylic acids is 1. The fourth-order valence-electron chi connectivity index (χ4n) is 1.49. The summed E-state index contributed by atoms with van der Waals surface area (Å²) < 4.78 is 4.92. The van der Waals surface area contributed by atoms with Crippen LogP contribution >= 0.6 is 0 Å². The summed E-state index contributed by atoms with van der Waals surface area (Å²) in [5, 5.41) is 11.6. The maximum atomic E-state index is 11.8. The van der Waals surface area contributed by atoms with Crippen LogP contribution in [0.5, 0.6) is 0 Å². The van der Waals surface area contributed by atoms with Gasteiger partial charge in [0.05, 0.1) is 19.2 Å². The topological polar surface area (TPSA) is 78.9 Å². The van der Waals surface area contributed by atoms with Gasteiger partial charge in [-0.05, 0) is 13.3 Å². The van der Waals surface area contributed by atoms with Crippen LogP contribution in [0.15, 0.2) is 0 Å². The summed E-state index contributed by atoms with van der Waals surface area (Å²) in [4.78, 5) is 24.2. The van der Waals surface area contributed by atoms with Crippen LogP contribution in [0.2, 0.25) is 0 Å². The molecule has 18 heavy (non-hydrogen) atoms. The third-order valence-corrected chi connectivity index (χ3v) is 2.68. The Bertz CT molecular complexity index is 258. The normalized spacial score (nSPS) is 12.4. The maximum absolute atomic E-state index is 11.8. The number of unbranched alkanes of at least 4 members (excludes halogenated alkanes) is 1. The second-order valence-electron chi connectivity index (χ2n) is 4.18. The number of nitrogens with one attached hydrogen (secondary N) is 1. The van der Waals surface area contributed by atoms with E-state index in [9.17, 15) is 9.59 Å². The van der Waals surface area contributed by atoms with E-state index in [0.717, 1.165) is 12.8 Å². The molecule has 0 bridgehead atoms. The molecule has 0 aromatic heterocycles. The Kier molecular flexibility index (Phi) is 9.22. The van der Waals surface area contributed by atoms with E-state index in [4.69, 9.17) is 9.84 Å². The highest BCUT2D eigenvalue weighted by Gasteiger charge is 2.22. The zero-order chi connectivity index (χ0) is 14.0. The summed E-state index contributed by atoms with van der Waals surface area (Å²) in [5.41, 5.74) is 0. The molecule has 1 atom stereocenters. The van der Waals surface area contributed by atoms with Crippen molar-refractivity contribution in [2.24, 2.45) is 0 Å². The van der Waals surface area contributed by atoms with Crippen LogP contribution in [0, 0.1) is 0 Å². The van der Waals surface area contributed by atoms with E-state index in [1.165, 1.54) is 0 Å². The number of amides is 1. The Morgan fingerprint density at radius 3 is 2.61 bits per heavy atom. The first kappa shape index (κ1) is 16.9. The number of carboxylic acid groups (broad SMARTS) is 1. The molecule has 0 aromatic rings. The second kappa shape index (κ2) is 9.85. The van der Waals surface area contributed by atoms with Crippen molar-refractivity contribution in [3.8, 4) is 0 Å². The summed E-state index contributed by atoms with van der Waals surface area (Å²) in [7, 11) is 1.55. The Balaban J connectivity index is 4.28. The molecule has 106 valence electrons. The van der Waals surface area contributed by atoms with E-state index in [2.05, 4.69) is 5.32 Å². The average molecular weight is 260 g/mol. The predicted octanol–water partition coefficient (Wildman–Crippen LogP) is 0.324. The fourth-order valence-corrected chi connectivity index (χ4v) is 1.49. The fraction of sp³-hybridized carbons (Fsp3) is 0.833. The van der Waals surface area contributed by atoms with Crippen molar-refractivity contribution >= 4 is 11.9 Å². The van der Waals surface area contributed by atoms with Gasteiger partial charge in [0.25, 0.3) is 0 Å². The minimum Gasteiger partial charge on any atom is -0.480 e. The first-order valence-corrected chi connectivity index (χ1v) is 6.25. The highest BCUT2D eigenvalue weighted by Crippen LogP contribution is 1.99. The van der Waals surface area contributed by atoms with Crippen LogP contribution in [-0.2, 0) is 14.3 Å². The van der Waals surface area contributed by atoms with E-state index in [-0.39, 0.29) is 12.5 Å². The first-order valence-electron chi connectivity index (χ1n) is 6.25. The Labute approximate surface area is 108 Å². The summed E-state index contributed by atoms with van der Waals surface area (Å²) in [5.74, 6) is -1.08. The van der Waals surface area contributed by atoms with Gasteiger partial charge in [0, 0.05) is 20.2 Å². The molecule has 0 aliphatic heterocycles. The van der Waals surface area contributed by atoms with Gasteiger partial charge >= 0.3 is 5.97 Å². The van der Waals surface area contributed by atoms with Crippen LogP contribution in [0.4, 0.5) is 0 Å². The largest absolute Gasteiger partial charge is 0.480 e. The molecule has 0 aliphatic rings. The van der Waals surface area contributed by atoms with Gasteiger partial charge in [-0.1, -0.05) is 13.3 Å². The zero-order valence-electron chi connectivity index (χ0n) is 11.4. The number of aliphatic carboxylic acids is 1. The molecule has 1 amide bonds. The van der Waals surface area contributed by atoms with E-state index < -0.39 is 12.0 Å². The van der Waals surface area contributed by atoms with Gasteiger partial charge in [0.1, 0.15) is 0 Å². The van der Waals surface area contributed by atoms with Crippen LogP contribution in [0.3, 0.4) is 0 Å². The Hall–Kier alpha value is -1.14. The first-order chi connectivity index (χ1) is 8.52. The van der Waals surface area contributed by atoms with Crippen molar-refractivity contribution in [2.45, 2.75) is 32.7 Å². The molecule has 6 heteroatoms. The van der Waals surface area contributed by atoms with Gasteiger partial charge in [0.15, 0.2) is 0 Å². The Morgan fingerprint density at radius 1 is 1.44 bits per heavy atom. The van der Waals surface area contributed by atoms with Crippen LogP contribution in [0.25, 0.3) is 0 Å². The number of nitrogens with zero attached hydrogens (tertiary/aromatic N) is 1. The van der Waals surface area contributed by atoms with E-state index in [0.29, 0.717) is 19.7 Å². The number of rotatable bonds is 10. The molecular formula is C12H24N2O4. The van der Waals surface area contributed by atoms with Crippen LogP contribution < -0.4 is 5.32 Å². The predicted molar refractivity (Wildman–Crippen MR) is 68.5 cm³/mol. The summed E-state index contributed by atoms with van der Waals surface area (Å²) in [6, 6.07) is -0.465. The lowest BCUT2D eigenvalue weighted by molar-refractivity contribution is -0.140. The minimum absolute atomic E-state index is 0.138. The summed E-state index contributed by atoms with van der Waals surface area (Å²) >= 11 is 0. The number of hydrogen-bond donors (Lipinski definition) is 2. The molecular weight excluding hydrogens is 236 g/mol. The number of methoxy groups -OCH3 is 1. The molecule has 1 unspecified atom stereocenters. The lowest BCUT2D eigenvalue weighted by atomic mass is 10.2. The van der Waals surface area contributed by atoms with E-state index in [1.807, 2.05) is 6.92 Å². The molecule has 0 fully saturated rings. The highest BCUT2D eigenvalue weighted by atomic mass is 16.5. The Morgan fingerprint density at radius 2 is 2.11 bits per heavy atom. The van der Waals surface area contributed by atoms with Gasteiger partial charge in [-0.15, -0.1) is 0 Å². The molecule has 6 nitrogen and oxygen atoms in total. The number of hydrogen-bond acceptors (Lipinski definition) is 4. The number of carbonyl (C=O) groups excluding carboxylic acids is 1. The van der Waals surface area contributed by atoms with Crippen molar-refractivity contribution in [2.75, 3.05) is 33.4 Å². The molecule has 0 heterocycles. The van der Waals surface area contributed by atoms with Crippen molar-refractivity contribution in [1.29, 1.82) is 0 Å². The van der Waals surface area contributed by atoms with Crippen molar-refractivity contribution in [1.82, 2.24) is 10.2 Å². The van der Waals surface area contributed by atoms with E-state index in [1.54, 1.807) is 18.9 Å². The zero-order valence-corrected chi connectivity index (χ0v) is 11.4. The van der Waals surface area contributed by atoms with Gasteiger partial charge in [-0.25, -0.2) is 0 Å². The van der Waals surface area contributed by atoms with Gasteiger partial charge in [-0.3, -0.25) is 14.5 Å². The monoisotopic (exact) mass is 260 g/mol. The maximum Gasteiger partial charge on any atom is 0.317 e. The van der Waals surface area contributed by atoms with Crippen molar-refractivity contribution < 1.29 is 19.4 Å². The van der Waals surface area contributed by atoms with Gasteiger partial charge in [0.2, 0.25) is 5.91 Å². The molecule has 0 aliphatic carbocycles. The smallest absolute Gasteiger partial charge is 0.317 e. The lowest BCUT2D eigenvalue weighted by Gasteiger charge is -2.26. The van der Waals surface area contributed by atoms with Crippen LogP contribution in [-0.4, -0.2) is 61.3 Å². The minimum atomic E-state index is -0.945. The standard InChI is InChI=1S/C12H24N2O4/c1-4-5-6-13-12(17)10(2)14(7-8-18-3)9-11(15)16/h10H,4-9H2,1-3H3,(H,13,17)(H,15,16). The third-order valence-electron chi connectivity index (χ3n) is 2.68. The van der Waals surface area contributed by atoms with Crippen molar-refractivity contribution in [3.63, 3.8) is 0 Å². The molecule has 0 saturated carbocycles. The number of carbonyl (C=O) groups is 2. The van der Waals surface area contributed by atoms with Gasteiger partial charge in [-0.2, -0.15) is 0 Å². The summed E-state index contributed by atoms with van der Waals surface area (Å²) in [6.45, 7) is 5.05. The molecule has 0 radical (unpaired) electrons. The molecule has 0 rings (SSSR count). The average Bonchev–Trinajstić information content (AvgIpc) is 2.33.